The number of likely N-dealkylation sites (tertiary alicyclic amines) is 1. The molecule has 4 rings (SSSR count). The Morgan fingerprint density at radius 1 is 1.12 bits per heavy atom. The number of carbonyl (C=O) groups excluding carboxylic acids is 1. The molecule has 1 aromatic rings. The van der Waals surface area contributed by atoms with E-state index in [-0.39, 0.29) is 11.4 Å². The molecule has 3 fully saturated rings. The molecule has 4 heteroatoms. The molecule has 4 nitrogen and oxygen atoms in total. The second-order valence-corrected chi connectivity index (χ2v) is 7.98. The van der Waals surface area contributed by atoms with Crippen molar-refractivity contribution in [3.63, 3.8) is 0 Å². The first-order valence-electron chi connectivity index (χ1n) is 9.44. The third kappa shape index (κ3) is 2.98. The molecular weight excluding hydrogens is 300 g/mol. The number of hydrogen-bond donors (Lipinski definition) is 2. The number of piperidine rings is 1. The van der Waals surface area contributed by atoms with Gasteiger partial charge in [-0.3, -0.25) is 4.79 Å². The summed E-state index contributed by atoms with van der Waals surface area (Å²) >= 11 is 0. The summed E-state index contributed by atoms with van der Waals surface area (Å²) < 4.78 is 0. The van der Waals surface area contributed by atoms with Crippen LogP contribution in [0.2, 0.25) is 0 Å². The van der Waals surface area contributed by atoms with Crippen molar-refractivity contribution in [1.82, 2.24) is 10.2 Å². The summed E-state index contributed by atoms with van der Waals surface area (Å²) in [5, 5.41) is 14.5. The van der Waals surface area contributed by atoms with E-state index < -0.39 is 5.60 Å². The Hall–Kier alpha value is -1.39. The predicted octanol–water partition coefficient (Wildman–Crippen LogP) is 2.42. The Morgan fingerprint density at radius 3 is 2.50 bits per heavy atom. The monoisotopic (exact) mass is 328 g/mol. The summed E-state index contributed by atoms with van der Waals surface area (Å²) in [4.78, 5) is 14.7. The van der Waals surface area contributed by atoms with Crippen molar-refractivity contribution in [2.24, 2.45) is 5.92 Å². The van der Waals surface area contributed by atoms with Crippen LogP contribution in [0, 0.1) is 5.92 Å². The first kappa shape index (κ1) is 16.1. The van der Waals surface area contributed by atoms with E-state index in [1.165, 1.54) is 24.8 Å². The molecule has 0 spiro atoms. The minimum atomic E-state index is -1.23. The lowest BCUT2D eigenvalue weighted by atomic mass is 9.83. The van der Waals surface area contributed by atoms with Crippen molar-refractivity contribution >= 4 is 5.91 Å². The van der Waals surface area contributed by atoms with Crippen molar-refractivity contribution in [3.05, 3.63) is 35.9 Å². The van der Waals surface area contributed by atoms with Crippen LogP contribution in [0.3, 0.4) is 0 Å². The van der Waals surface area contributed by atoms with Crippen molar-refractivity contribution < 1.29 is 9.90 Å². The van der Waals surface area contributed by atoms with E-state index in [0.29, 0.717) is 18.9 Å². The molecule has 2 saturated carbocycles. The van der Waals surface area contributed by atoms with Crippen molar-refractivity contribution in [2.45, 2.75) is 56.1 Å². The molecule has 1 saturated heterocycles. The molecule has 2 aliphatic carbocycles. The van der Waals surface area contributed by atoms with Gasteiger partial charge < -0.3 is 15.3 Å². The molecule has 24 heavy (non-hydrogen) atoms. The highest BCUT2D eigenvalue weighted by Gasteiger charge is 2.48. The van der Waals surface area contributed by atoms with E-state index >= 15 is 0 Å². The van der Waals surface area contributed by atoms with E-state index in [2.05, 4.69) is 29.6 Å². The van der Waals surface area contributed by atoms with Gasteiger partial charge >= 0.3 is 0 Å². The molecule has 0 bridgehead atoms. The highest BCUT2D eigenvalue weighted by Crippen LogP contribution is 2.45. The molecule has 1 atom stereocenters. The van der Waals surface area contributed by atoms with Crippen LogP contribution >= 0.6 is 0 Å². The van der Waals surface area contributed by atoms with Gasteiger partial charge in [0.2, 0.25) is 0 Å². The van der Waals surface area contributed by atoms with Crippen LogP contribution in [-0.2, 0) is 10.3 Å². The normalized spacial score (nSPS) is 29.4. The Morgan fingerprint density at radius 2 is 1.88 bits per heavy atom. The van der Waals surface area contributed by atoms with E-state index in [0.717, 1.165) is 32.4 Å². The van der Waals surface area contributed by atoms with Crippen molar-refractivity contribution in [3.8, 4) is 0 Å². The summed E-state index contributed by atoms with van der Waals surface area (Å²) in [7, 11) is 0. The first-order chi connectivity index (χ1) is 11.6. The maximum absolute atomic E-state index is 12.8. The van der Waals surface area contributed by atoms with Gasteiger partial charge in [-0.15, -0.1) is 0 Å². The number of nitrogens with one attached hydrogen (secondary N) is 1. The lowest BCUT2D eigenvalue weighted by molar-refractivity contribution is -0.158. The highest BCUT2D eigenvalue weighted by molar-refractivity contribution is 5.86. The maximum atomic E-state index is 12.8. The minimum absolute atomic E-state index is 0.0342. The van der Waals surface area contributed by atoms with Gasteiger partial charge in [0.1, 0.15) is 0 Å². The Labute approximate surface area is 144 Å². The lowest BCUT2D eigenvalue weighted by Gasteiger charge is -2.41. The Balaban J connectivity index is 1.40. The third-order valence-corrected chi connectivity index (χ3v) is 6.20. The number of hydrogen-bond acceptors (Lipinski definition) is 3. The standard InChI is InChI=1S/C20H28N2O2/c23-18-20(24,10-5-13-22(18)14-16-6-4-7-16)15-21-19(11-12-19)17-8-2-1-3-9-17/h1-3,8-9,16,21,24H,4-7,10-15H2/t20-/m0/s1. The average Bonchev–Trinajstić information content (AvgIpc) is 3.35. The number of rotatable bonds is 6. The van der Waals surface area contributed by atoms with E-state index in [1.54, 1.807) is 0 Å². The zero-order valence-electron chi connectivity index (χ0n) is 14.3. The molecule has 0 aromatic heterocycles. The van der Waals surface area contributed by atoms with Gasteiger partial charge in [0.25, 0.3) is 5.91 Å². The number of nitrogens with zero attached hydrogens (tertiary/aromatic N) is 1. The van der Waals surface area contributed by atoms with Gasteiger partial charge in [-0.2, -0.15) is 0 Å². The molecule has 1 aromatic carbocycles. The number of amides is 1. The highest BCUT2D eigenvalue weighted by atomic mass is 16.3. The van der Waals surface area contributed by atoms with Crippen LogP contribution < -0.4 is 5.32 Å². The smallest absolute Gasteiger partial charge is 0.255 e. The predicted molar refractivity (Wildman–Crippen MR) is 93.5 cm³/mol. The summed E-state index contributed by atoms with van der Waals surface area (Å²) in [6, 6.07) is 10.4. The quantitative estimate of drug-likeness (QED) is 0.843. The Bertz CT molecular complexity index is 595. The van der Waals surface area contributed by atoms with Crippen LogP contribution in [-0.4, -0.2) is 41.1 Å². The first-order valence-corrected chi connectivity index (χ1v) is 9.44. The van der Waals surface area contributed by atoms with E-state index in [4.69, 9.17) is 0 Å². The fourth-order valence-electron chi connectivity index (χ4n) is 4.16. The zero-order chi connectivity index (χ0) is 16.6. The van der Waals surface area contributed by atoms with Gasteiger partial charge in [0.15, 0.2) is 5.60 Å². The molecule has 1 amide bonds. The van der Waals surface area contributed by atoms with Crippen LogP contribution in [0.25, 0.3) is 0 Å². The van der Waals surface area contributed by atoms with Gasteiger partial charge in [-0.1, -0.05) is 36.8 Å². The number of aliphatic hydroxyl groups is 1. The molecule has 3 aliphatic rings. The van der Waals surface area contributed by atoms with E-state index in [9.17, 15) is 9.90 Å². The van der Waals surface area contributed by atoms with Gasteiger partial charge in [-0.05, 0) is 50.0 Å². The molecule has 1 heterocycles. The second kappa shape index (κ2) is 6.16. The van der Waals surface area contributed by atoms with Gasteiger partial charge in [0, 0.05) is 25.2 Å². The molecule has 0 radical (unpaired) electrons. The largest absolute Gasteiger partial charge is 0.379 e. The fraction of sp³-hybridized carbons (Fsp3) is 0.650. The molecule has 2 N–H and O–H groups in total. The minimum Gasteiger partial charge on any atom is -0.379 e. The van der Waals surface area contributed by atoms with Crippen LogP contribution in [0.4, 0.5) is 0 Å². The van der Waals surface area contributed by atoms with Crippen molar-refractivity contribution in [1.29, 1.82) is 0 Å². The van der Waals surface area contributed by atoms with Crippen LogP contribution in [0.1, 0.15) is 50.5 Å². The van der Waals surface area contributed by atoms with Gasteiger partial charge in [-0.25, -0.2) is 0 Å². The summed E-state index contributed by atoms with van der Waals surface area (Å²) in [5.41, 5.74) is 0.00283. The number of carbonyl (C=O) groups is 1. The van der Waals surface area contributed by atoms with Crippen molar-refractivity contribution in [2.75, 3.05) is 19.6 Å². The third-order valence-electron chi connectivity index (χ3n) is 6.20. The topological polar surface area (TPSA) is 52.6 Å². The van der Waals surface area contributed by atoms with Crippen LogP contribution in [0.5, 0.6) is 0 Å². The molecular formula is C20H28N2O2. The lowest BCUT2D eigenvalue weighted by Crippen LogP contribution is -2.59. The molecule has 1 aliphatic heterocycles. The van der Waals surface area contributed by atoms with Gasteiger partial charge in [0.05, 0.1) is 0 Å². The summed E-state index contributed by atoms with van der Waals surface area (Å²) in [6.07, 6.45) is 7.38. The second-order valence-electron chi connectivity index (χ2n) is 7.98. The van der Waals surface area contributed by atoms with Crippen LogP contribution in [0.15, 0.2) is 30.3 Å². The molecule has 0 unspecified atom stereocenters. The number of benzene rings is 1. The SMILES string of the molecule is O=C1N(CC2CCC2)CCC[C@]1(O)CNC1(c2ccccc2)CC1. The van der Waals surface area contributed by atoms with E-state index in [1.807, 2.05) is 11.0 Å². The Kier molecular flexibility index (Phi) is 4.13. The average molecular weight is 328 g/mol. The maximum Gasteiger partial charge on any atom is 0.255 e. The summed E-state index contributed by atoms with van der Waals surface area (Å²) in [6.45, 7) is 2.01. The zero-order valence-corrected chi connectivity index (χ0v) is 14.3. The molecule has 130 valence electrons. The fourth-order valence-corrected chi connectivity index (χ4v) is 4.16. The summed E-state index contributed by atoms with van der Waals surface area (Å²) in [5.74, 6) is 0.598.